The van der Waals surface area contributed by atoms with Gasteiger partial charge in [-0.05, 0) is 24.8 Å². The Balaban J connectivity index is 1.54. The third-order valence-corrected chi connectivity index (χ3v) is 5.26. The predicted molar refractivity (Wildman–Crippen MR) is 93.8 cm³/mol. The fourth-order valence-electron chi connectivity index (χ4n) is 3.76. The zero-order valence-corrected chi connectivity index (χ0v) is 14.7. The number of anilines is 1. The molecule has 26 heavy (non-hydrogen) atoms. The Morgan fingerprint density at radius 1 is 1.12 bits per heavy atom. The number of aliphatic imine (C=N–C) groups is 1. The number of alkyl halides is 3. The number of nitrogens with two attached hydrogens (primary N) is 1. The summed E-state index contributed by atoms with van der Waals surface area (Å²) in [7, 11) is 0. The first-order chi connectivity index (χ1) is 12.4. The van der Waals surface area contributed by atoms with Crippen LogP contribution >= 0.6 is 0 Å². The molecule has 2 N–H and O–H groups in total. The van der Waals surface area contributed by atoms with Crippen LogP contribution in [0.1, 0.15) is 25.7 Å². The maximum atomic E-state index is 13.2. The molecule has 6 nitrogen and oxygen atoms in total. The fourth-order valence-corrected chi connectivity index (χ4v) is 3.76. The van der Waals surface area contributed by atoms with E-state index in [9.17, 15) is 13.2 Å². The van der Waals surface area contributed by atoms with Crippen molar-refractivity contribution < 1.29 is 13.2 Å². The first kappa shape index (κ1) is 18.7. The van der Waals surface area contributed by atoms with Crippen molar-refractivity contribution in [3.05, 3.63) is 18.5 Å². The lowest BCUT2D eigenvalue weighted by atomic mass is 9.79. The summed E-state index contributed by atoms with van der Waals surface area (Å²) in [5, 5.41) is 0. The van der Waals surface area contributed by atoms with E-state index in [1.54, 1.807) is 18.5 Å². The third kappa shape index (κ3) is 4.56. The van der Waals surface area contributed by atoms with E-state index in [2.05, 4.69) is 19.9 Å². The average Bonchev–Trinajstić information content (AvgIpc) is 2.66. The van der Waals surface area contributed by atoms with E-state index in [1.807, 2.05) is 4.90 Å². The fraction of sp³-hybridized carbons (Fsp3) is 0.706. The van der Waals surface area contributed by atoms with Gasteiger partial charge in [0.25, 0.3) is 0 Å². The van der Waals surface area contributed by atoms with E-state index >= 15 is 0 Å². The standard InChI is InChI=1S/C17H25F3N6/c18-17(19,20)14-5-2-1-4-13(14)12-24-15(21)25-8-10-26(11-9-25)16-22-6-3-7-23-16/h3,6-7,13-14H,1-2,4-5,8-12H2,(H2,21,24). The second-order valence-corrected chi connectivity index (χ2v) is 6.91. The maximum Gasteiger partial charge on any atom is 0.392 e. The highest BCUT2D eigenvalue weighted by Gasteiger charge is 2.45. The summed E-state index contributed by atoms with van der Waals surface area (Å²) < 4.78 is 39.5. The molecule has 0 amide bonds. The summed E-state index contributed by atoms with van der Waals surface area (Å²) in [6.07, 6.45) is 1.51. The van der Waals surface area contributed by atoms with E-state index in [-0.39, 0.29) is 13.0 Å². The Kier molecular flexibility index (Phi) is 5.83. The first-order valence-electron chi connectivity index (χ1n) is 9.08. The SMILES string of the molecule is NC(=NCC1CCCCC1C(F)(F)F)N1CCN(c2ncccn2)CC1. The maximum absolute atomic E-state index is 13.2. The molecule has 1 saturated heterocycles. The van der Waals surface area contributed by atoms with E-state index in [1.165, 1.54) is 0 Å². The third-order valence-electron chi connectivity index (χ3n) is 5.26. The van der Waals surface area contributed by atoms with Gasteiger partial charge in [0.05, 0.1) is 5.92 Å². The second-order valence-electron chi connectivity index (χ2n) is 6.91. The lowest BCUT2D eigenvalue weighted by Crippen LogP contribution is -2.51. The van der Waals surface area contributed by atoms with Crippen molar-refractivity contribution in [3.63, 3.8) is 0 Å². The number of nitrogens with zero attached hydrogens (tertiary/aromatic N) is 5. The summed E-state index contributed by atoms with van der Waals surface area (Å²) in [5.74, 6) is -0.691. The van der Waals surface area contributed by atoms with Gasteiger partial charge in [-0.1, -0.05) is 12.8 Å². The monoisotopic (exact) mass is 370 g/mol. The van der Waals surface area contributed by atoms with Crippen molar-refractivity contribution >= 4 is 11.9 Å². The lowest BCUT2D eigenvalue weighted by Gasteiger charge is -2.36. The Bertz CT molecular complexity index is 598. The molecule has 0 radical (unpaired) electrons. The number of halogens is 3. The summed E-state index contributed by atoms with van der Waals surface area (Å²) >= 11 is 0. The molecule has 144 valence electrons. The Morgan fingerprint density at radius 3 is 2.42 bits per heavy atom. The minimum absolute atomic E-state index is 0.151. The molecule has 9 heteroatoms. The molecule has 0 aromatic carbocycles. The van der Waals surface area contributed by atoms with Crippen LogP contribution in [0.15, 0.2) is 23.5 Å². The first-order valence-corrected chi connectivity index (χ1v) is 9.08. The van der Waals surface area contributed by atoms with Crippen LogP contribution in [0.4, 0.5) is 19.1 Å². The van der Waals surface area contributed by atoms with Crippen molar-refractivity contribution in [2.24, 2.45) is 22.6 Å². The molecule has 3 rings (SSSR count). The van der Waals surface area contributed by atoms with Gasteiger partial charge in [0.2, 0.25) is 5.95 Å². The van der Waals surface area contributed by atoms with Crippen LogP contribution in [-0.2, 0) is 0 Å². The van der Waals surface area contributed by atoms with Gasteiger partial charge in [-0.25, -0.2) is 9.97 Å². The van der Waals surface area contributed by atoms with Crippen molar-refractivity contribution in [1.82, 2.24) is 14.9 Å². The molecule has 1 saturated carbocycles. The number of hydrogen-bond acceptors (Lipinski definition) is 4. The Morgan fingerprint density at radius 2 is 1.77 bits per heavy atom. The molecule has 1 aromatic rings. The zero-order valence-electron chi connectivity index (χ0n) is 14.7. The van der Waals surface area contributed by atoms with Crippen LogP contribution in [0.2, 0.25) is 0 Å². The largest absolute Gasteiger partial charge is 0.392 e. The van der Waals surface area contributed by atoms with Crippen LogP contribution in [0.5, 0.6) is 0 Å². The number of hydrogen-bond donors (Lipinski definition) is 1. The van der Waals surface area contributed by atoms with Crippen molar-refractivity contribution in [2.75, 3.05) is 37.6 Å². The van der Waals surface area contributed by atoms with E-state index in [0.717, 1.165) is 6.42 Å². The minimum atomic E-state index is -4.14. The molecule has 2 unspecified atom stereocenters. The zero-order chi connectivity index (χ0) is 18.6. The molecule has 1 aromatic heterocycles. The summed E-state index contributed by atoms with van der Waals surface area (Å²) in [5.41, 5.74) is 6.05. The molecule has 2 heterocycles. The highest BCUT2D eigenvalue weighted by Crippen LogP contribution is 2.41. The van der Waals surface area contributed by atoms with Gasteiger partial charge in [0.1, 0.15) is 0 Å². The second kappa shape index (κ2) is 8.09. The van der Waals surface area contributed by atoms with Gasteiger partial charge in [0.15, 0.2) is 5.96 Å². The topological polar surface area (TPSA) is 70.6 Å². The van der Waals surface area contributed by atoms with Gasteiger partial charge in [-0.15, -0.1) is 0 Å². The van der Waals surface area contributed by atoms with Crippen molar-refractivity contribution in [3.8, 4) is 0 Å². The minimum Gasteiger partial charge on any atom is -0.370 e. The van der Waals surface area contributed by atoms with Gasteiger partial charge >= 0.3 is 6.18 Å². The Hall–Kier alpha value is -2.06. The van der Waals surface area contributed by atoms with Crippen LogP contribution in [0, 0.1) is 11.8 Å². The van der Waals surface area contributed by atoms with Crippen molar-refractivity contribution in [2.45, 2.75) is 31.9 Å². The molecule has 1 aliphatic carbocycles. The van der Waals surface area contributed by atoms with E-state index in [0.29, 0.717) is 50.9 Å². The molecule has 1 aliphatic heterocycles. The van der Waals surface area contributed by atoms with Crippen molar-refractivity contribution in [1.29, 1.82) is 0 Å². The Labute approximate surface area is 151 Å². The molecular formula is C17H25F3N6. The summed E-state index contributed by atoms with van der Waals surface area (Å²) in [6.45, 7) is 2.86. The average molecular weight is 370 g/mol. The van der Waals surface area contributed by atoms with Gasteiger partial charge < -0.3 is 15.5 Å². The van der Waals surface area contributed by atoms with Crippen LogP contribution in [0.25, 0.3) is 0 Å². The molecule has 2 atom stereocenters. The number of guanidine groups is 1. The van der Waals surface area contributed by atoms with Gasteiger partial charge in [-0.2, -0.15) is 13.2 Å². The lowest BCUT2D eigenvalue weighted by molar-refractivity contribution is -0.195. The molecular weight excluding hydrogens is 345 g/mol. The number of aromatic nitrogens is 2. The quantitative estimate of drug-likeness (QED) is 0.653. The molecule has 2 aliphatic rings. The highest BCUT2D eigenvalue weighted by molar-refractivity contribution is 5.78. The van der Waals surface area contributed by atoms with E-state index in [4.69, 9.17) is 5.73 Å². The molecule has 0 spiro atoms. The van der Waals surface area contributed by atoms with E-state index < -0.39 is 18.0 Å². The van der Waals surface area contributed by atoms with Crippen LogP contribution in [-0.4, -0.2) is 59.7 Å². The number of rotatable bonds is 3. The molecule has 0 bridgehead atoms. The highest BCUT2D eigenvalue weighted by atomic mass is 19.4. The summed E-state index contributed by atoms with van der Waals surface area (Å²) in [6, 6.07) is 1.77. The van der Waals surface area contributed by atoms with Crippen LogP contribution < -0.4 is 10.6 Å². The normalized spacial score (nSPS) is 25.4. The predicted octanol–water partition coefficient (Wildman–Crippen LogP) is 2.28. The summed E-state index contributed by atoms with van der Waals surface area (Å²) in [4.78, 5) is 16.7. The number of piperazine rings is 1. The van der Waals surface area contributed by atoms with Gasteiger partial charge in [-0.3, -0.25) is 4.99 Å². The van der Waals surface area contributed by atoms with Crippen LogP contribution in [0.3, 0.4) is 0 Å². The molecule has 2 fully saturated rings. The van der Waals surface area contributed by atoms with Gasteiger partial charge in [0, 0.05) is 45.1 Å². The smallest absolute Gasteiger partial charge is 0.370 e.